The first-order chi connectivity index (χ1) is 10.2. The predicted octanol–water partition coefficient (Wildman–Crippen LogP) is 4.80. The second kappa shape index (κ2) is 5.82. The molecule has 3 nitrogen and oxygen atoms in total. The molecule has 0 bridgehead atoms. The fraction of sp³-hybridized carbons (Fsp3) is 0.176. The van der Waals surface area contributed by atoms with Crippen molar-refractivity contribution >= 4 is 26.9 Å². The molecule has 4 heteroatoms. The number of halogens is 1. The Morgan fingerprint density at radius 1 is 1.00 bits per heavy atom. The summed E-state index contributed by atoms with van der Waals surface area (Å²) in [6.45, 7) is 0. The summed E-state index contributed by atoms with van der Waals surface area (Å²) >= 11 is 3.51. The second-order valence-electron chi connectivity index (χ2n) is 4.74. The van der Waals surface area contributed by atoms with Crippen molar-refractivity contribution in [3.05, 3.63) is 58.3 Å². The normalized spacial score (nSPS) is 10.8. The molecule has 0 atom stereocenters. The predicted molar refractivity (Wildman–Crippen MR) is 86.3 cm³/mol. The summed E-state index contributed by atoms with van der Waals surface area (Å²) in [5.74, 6) is 2.38. The molecule has 0 unspecified atom stereocenters. The molecule has 0 saturated carbocycles. The third-order valence-electron chi connectivity index (χ3n) is 3.37. The van der Waals surface area contributed by atoms with Crippen molar-refractivity contribution in [1.29, 1.82) is 0 Å². The zero-order valence-electron chi connectivity index (χ0n) is 11.9. The fourth-order valence-electron chi connectivity index (χ4n) is 2.36. The van der Waals surface area contributed by atoms with Gasteiger partial charge in [0, 0.05) is 11.8 Å². The molecule has 0 N–H and O–H groups in total. The van der Waals surface area contributed by atoms with Gasteiger partial charge in [-0.3, -0.25) is 0 Å². The molecule has 2 aromatic carbocycles. The van der Waals surface area contributed by atoms with Gasteiger partial charge in [-0.15, -0.1) is 0 Å². The van der Waals surface area contributed by atoms with Crippen LogP contribution in [0.5, 0.6) is 11.5 Å². The Hall–Kier alpha value is -1.94. The van der Waals surface area contributed by atoms with Crippen LogP contribution in [-0.2, 0) is 6.42 Å². The Morgan fingerprint density at radius 2 is 1.81 bits per heavy atom. The SMILES string of the molecule is COc1ccc(Cc2cc3cccc(Br)c3o2)cc1OC. The van der Waals surface area contributed by atoms with Crippen molar-refractivity contribution in [3.8, 4) is 11.5 Å². The first-order valence-electron chi connectivity index (χ1n) is 6.59. The van der Waals surface area contributed by atoms with Crippen LogP contribution in [0.3, 0.4) is 0 Å². The molecule has 0 fully saturated rings. The van der Waals surface area contributed by atoms with Gasteiger partial charge in [0.05, 0.1) is 18.7 Å². The summed E-state index contributed by atoms with van der Waals surface area (Å²) in [7, 11) is 3.27. The van der Waals surface area contributed by atoms with Crippen molar-refractivity contribution in [3.63, 3.8) is 0 Å². The average molecular weight is 347 g/mol. The van der Waals surface area contributed by atoms with Crippen LogP contribution >= 0.6 is 15.9 Å². The van der Waals surface area contributed by atoms with Gasteiger partial charge in [-0.05, 0) is 45.8 Å². The van der Waals surface area contributed by atoms with E-state index >= 15 is 0 Å². The van der Waals surface area contributed by atoms with Crippen LogP contribution in [0.4, 0.5) is 0 Å². The number of hydrogen-bond donors (Lipinski definition) is 0. The molecule has 108 valence electrons. The highest BCUT2D eigenvalue weighted by Crippen LogP contribution is 2.31. The number of ether oxygens (including phenoxy) is 2. The molecule has 0 spiro atoms. The molecule has 1 aromatic heterocycles. The van der Waals surface area contributed by atoms with Gasteiger partial charge in [0.15, 0.2) is 11.5 Å². The van der Waals surface area contributed by atoms with Crippen molar-refractivity contribution < 1.29 is 13.9 Å². The van der Waals surface area contributed by atoms with Crippen molar-refractivity contribution in [2.45, 2.75) is 6.42 Å². The van der Waals surface area contributed by atoms with Crippen LogP contribution in [0.15, 0.2) is 51.4 Å². The van der Waals surface area contributed by atoms with Gasteiger partial charge in [0.1, 0.15) is 11.3 Å². The van der Waals surface area contributed by atoms with Gasteiger partial charge >= 0.3 is 0 Å². The molecular weight excluding hydrogens is 332 g/mol. The lowest BCUT2D eigenvalue weighted by molar-refractivity contribution is 0.354. The fourth-order valence-corrected chi connectivity index (χ4v) is 2.82. The quantitative estimate of drug-likeness (QED) is 0.679. The summed E-state index contributed by atoms with van der Waals surface area (Å²) < 4.78 is 17.5. The van der Waals surface area contributed by atoms with Crippen molar-refractivity contribution in [2.24, 2.45) is 0 Å². The van der Waals surface area contributed by atoms with E-state index in [-0.39, 0.29) is 0 Å². The van der Waals surface area contributed by atoms with Crippen molar-refractivity contribution in [2.75, 3.05) is 14.2 Å². The molecule has 0 aliphatic carbocycles. The number of benzene rings is 2. The van der Waals surface area contributed by atoms with Gasteiger partial charge in [-0.2, -0.15) is 0 Å². The Balaban J connectivity index is 1.93. The largest absolute Gasteiger partial charge is 0.493 e. The van der Waals surface area contributed by atoms with Crippen LogP contribution in [-0.4, -0.2) is 14.2 Å². The Labute approximate surface area is 131 Å². The topological polar surface area (TPSA) is 31.6 Å². The highest BCUT2D eigenvalue weighted by atomic mass is 79.9. The summed E-state index contributed by atoms with van der Waals surface area (Å²) in [5.41, 5.74) is 2.00. The first-order valence-corrected chi connectivity index (χ1v) is 7.38. The van der Waals surface area contributed by atoms with Crippen LogP contribution in [0.2, 0.25) is 0 Å². The van der Waals surface area contributed by atoms with Crippen molar-refractivity contribution in [1.82, 2.24) is 0 Å². The monoisotopic (exact) mass is 346 g/mol. The van der Waals surface area contributed by atoms with E-state index < -0.39 is 0 Å². The number of hydrogen-bond acceptors (Lipinski definition) is 3. The zero-order valence-corrected chi connectivity index (χ0v) is 13.4. The highest BCUT2D eigenvalue weighted by Gasteiger charge is 2.09. The maximum absolute atomic E-state index is 5.91. The van der Waals surface area contributed by atoms with E-state index in [9.17, 15) is 0 Å². The Bertz CT molecular complexity index is 777. The minimum atomic E-state index is 0.710. The van der Waals surface area contributed by atoms with Crippen LogP contribution in [0.25, 0.3) is 11.0 Å². The van der Waals surface area contributed by atoms with E-state index in [0.29, 0.717) is 6.42 Å². The van der Waals surface area contributed by atoms with E-state index in [1.165, 1.54) is 0 Å². The Kier molecular flexibility index (Phi) is 3.88. The molecule has 0 aliphatic heterocycles. The minimum Gasteiger partial charge on any atom is -0.493 e. The molecule has 3 aromatic rings. The summed E-state index contributed by atoms with van der Waals surface area (Å²) in [5, 5.41) is 1.10. The molecule has 1 heterocycles. The first kappa shape index (κ1) is 14.0. The third kappa shape index (κ3) is 2.76. The molecule has 0 saturated heterocycles. The molecule has 0 aliphatic rings. The number of para-hydroxylation sites is 1. The lowest BCUT2D eigenvalue weighted by atomic mass is 10.1. The standard InChI is InChI=1S/C17H15BrO3/c1-19-15-7-6-11(9-16(15)20-2)8-13-10-12-4-3-5-14(18)17(12)21-13/h3-7,9-10H,8H2,1-2H3. The van der Waals surface area contributed by atoms with Gasteiger partial charge in [-0.1, -0.05) is 18.2 Å². The molecule has 21 heavy (non-hydrogen) atoms. The molecule has 0 radical (unpaired) electrons. The lowest BCUT2D eigenvalue weighted by Gasteiger charge is -2.08. The maximum atomic E-state index is 5.91. The van der Waals surface area contributed by atoms with Gasteiger partial charge in [0.2, 0.25) is 0 Å². The van der Waals surface area contributed by atoms with Crippen LogP contribution in [0.1, 0.15) is 11.3 Å². The molecule has 0 amide bonds. The summed E-state index contributed by atoms with van der Waals surface area (Å²) in [6.07, 6.45) is 0.710. The minimum absolute atomic E-state index is 0.710. The summed E-state index contributed by atoms with van der Waals surface area (Å²) in [4.78, 5) is 0. The van der Waals surface area contributed by atoms with Gasteiger partial charge in [0.25, 0.3) is 0 Å². The Morgan fingerprint density at radius 3 is 2.52 bits per heavy atom. The smallest absolute Gasteiger partial charge is 0.161 e. The van der Waals surface area contributed by atoms with E-state index in [4.69, 9.17) is 13.9 Å². The average Bonchev–Trinajstić information content (AvgIpc) is 2.91. The number of furan rings is 1. The van der Waals surface area contributed by atoms with Gasteiger partial charge < -0.3 is 13.9 Å². The van der Waals surface area contributed by atoms with Crippen LogP contribution < -0.4 is 9.47 Å². The molecule has 3 rings (SSSR count). The van der Waals surface area contributed by atoms with E-state index in [1.54, 1.807) is 14.2 Å². The van der Waals surface area contributed by atoms with E-state index in [1.807, 2.05) is 36.4 Å². The number of rotatable bonds is 4. The zero-order chi connectivity index (χ0) is 14.8. The maximum Gasteiger partial charge on any atom is 0.161 e. The van der Waals surface area contributed by atoms with Gasteiger partial charge in [-0.25, -0.2) is 0 Å². The van der Waals surface area contributed by atoms with E-state index in [0.717, 1.165) is 38.3 Å². The number of fused-ring (bicyclic) bond motifs is 1. The second-order valence-corrected chi connectivity index (χ2v) is 5.59. The number of methoxy groups -OCH3 is 2. The summed E-state index contributed by atoms with van der Waals surface area (Å²) in [6, 6.07) is 14.0. The third-order valence-corrected chi connectivity index (χ3v) is 4.00. The lowest BCUT2D eigenvalue weighted by Crippen LogP contribution is -1.93. The highest BCUT2D eigenvalue weighted by molar-refractivity contribution is 9.10. The van der Waals surface area contributed by atoms with E-state index in [2.05, 4.69) is 22.0 Å². The molecular formula is C17H15BrO3. The van der Waals surface area contributed by atoms with Crippen LogP contribution in [0, 0.1) is 0 Å².